The van der Waals surface area contributed by atoms with Crippen LogP contribution in [0, 0.1) is 5.92 Å². The summed E-state index contributed by atoms with van der Waals surface area (Å²) < 4.78 is 0. The number of rotatable bonds is 6. The number of nitrogens with one attached hydrogen (secondary N) is 2. The number of aromatic nitrogens is 2. The van der Waals surface area contributed by atoms with E-state index in [2.05, 4.69) is 34.4 Å². The molecule has 25 heavy (non-hydrogen) atoms. The number of nitrogens with zero attached hydrogens (tertiary/aromatic N) is 4. The van der Waals surface area contributed by atoms with Crippen molar-refractivity contribution in [3.63, 3.8) is 0 Å². The van der Waals surface area contributed by atoms with Gasteiger partial charge in [-0.05, 0) is 25.3 Å². The Bertz CT molecular complexity index is 558. The van der Waals surface area contributed by atoms with Crippen molar-refractivity contribution < 1.29 is 9.59 Å². The van der Waals surface area contributed by atoms with E-state index in [0.717, 1.165) is 6.42 Å². The Morgan fingerprint density at radius 2 is 1.76 bits per heavy atom. The van der Waals surface area contributed by atoms with E-state index in [4.69, 9.17) is 0 Å². The molecular weight excluding hydrogens is 320 g/mol. The first-order valence-electron chi connectivity index (χ1n) is 8.82. The first-order chi connectivity index (χ1) is 12.0. The molecule has 2 heterocycles. The topological polar surface area (TPSA) is 90.5 Å². The summed E-state index contributed by atoms with van der Waals surface area (Å²) in [4.78, 5) is 36.6. The van der Waals surface area contributed by atoms with Crippen LogP contribution in [0.25, 0.3) is 0 Å². The van der Waals surface area contributed by atoms with Gasteiger partial charge >= 0.3 is 6.03 Å². The minimum Gasteiger partial charge on any atom is -0.354 e. The monoisotopic (exact) mass is 348 g/mol. The van der Waals surface area contributed by atoms with Crippen molar-refractivity contribution in [1.82, 2.24) is 25.5 Å². The van der Waals surface area contributed by atoms with Crippen LogP contribution in [0.2, 0.25) is 0 Å². The third-order valence-corrected chi connectivity index (χ3v) is 4.16. The second-order valence-electron chi connectivity index (χ2n) is 6.67. The lowest BCUT2D eigenvalue weighted by Gasteiger charge is -2.35. The molecule has 0 saturated carbocycles. The number of anilines is 1. The number of urea groups is 1. The highest BCUT2D eigenvalue weighted by Crippen LogP contribution is 2.09. The maximum absolute atomic E-state index is 12.3. The average Bonchev–Trinajstić information content (AvgIpc) is 2.62. The summed E-state index contributed by atoms with van der Waals surface area (Å²) in [5.74, 6) is 1.07. The van der Waals surface area contributed by atoms with Crippen molar-refractivity contribution in [2.75, 3.05) is 37.6 Å². The van der Waals surface area contributed by atoms with Crippen LogP contribution in [-0.2, 0) is 4.79 Å². The standard InChI is InChI=1S/C17H28N6O2/c1-13(2)5-8-18-15(24)14(3)21-17(25)23-11-9-22(10-12-23)16-19-6-4-7-20-16/h4,6-7,13-14H,5,8-12H2,1-3H3,(H,18,24)(H,21,25)/t14-/m1/s1. The lowest BCUT2D eigenvalue weighted by atomic mass is 10.1. The van der Waals surface area contributed by atoms with Crippen LogP contribution in [0.3, 0.4) is 0 Å². The van der Waals surface area contributed by atoms with E-state index in [9.17, 15) is 9.59 Å². The fraction of sp³-hybridized carbons (Fsp3) is 0.647. The fourth-order valence-electron chi connectivity index (χ4n) is 2.54. The van der Waals surface area contributed by atoms with Gasteiger partial charge in [-0.3, -0.25) is 4.79 Å². The number of amides is 3. The third-order valence-electron chi connectivity index (χ3n) is 4.16. The van der Waals surface area contributed by atoms with E-state index in [0.29, 0.717) is 44.6 Å². The third kappa shape index (κ3) is 5.88. The van der Waals surface area contributed by atoms with E-state index in [1.165, 1.54) is 0 Å². The van der Waals surface area contributed by atoms with Gasteiger partial charge in [-0.25, -0.2) is 14.8 Å². The molecule has 1 aromatic rings. The van der Waals surface area contributed by atoms with Gasteiger partial charge in [0, 0.05) is 45.1 Å². The van der Waals surface area contributed by atoms with Crippen LogP contribution < -0.4 is 15.5 Å². The molecule has 138 valence electrons. The molecule has 1 atom stereocenters. The molecule has 3 amide bonds. The molecule has 8 heteroatoms. The van der Waals surface area contributed by atoms with E-state index in [1.54, 1.807) is 30.3 Å². The van der Waals surface area contributed by atoms with Gasteiger partial charge in [-0.1, -0.05) is 13.8 Å². The molecule has 0 spiro atoms. The van der Waals surface area contributed by atoms with Crippen LogP contribution in [0.5, 0.6) is 0 Å². The number of hydrogen-bond acceptors (Lipinski definition) is 5. The maximum Gasteiger partial charge on any atom is 0.318 e. The quantitative estimate of drug-likeness (QED) is 0.796. The predicted molar refractivity (Wildman–Crippen MR) is 96.3 cm³/mol. The van der Waals surface area contributed by atoms with Crippen LogP contribution in [0.4, 0.5) is 10.7 Å². The number of hydrogen-bond donors (Lipinski definition) is 2. The Kier molecular flexibility index (Phi) is 6.97. The zero-order chi connectivity index (χ0) is 18.2. The molecule has 8 nitrogen and oxygen atoms in total. The van der Waals surface area contributed by atoms with Crippen molar-refractivity contribution in [3.8, 4) is 0 Å². The fourth-order valence-corrected chi connectivity index (χ4v) is 2.54. The predicted octanol–water partition coefficient (Wildman–Crippen LogP) is 0.859. The van der Waals surface area contributed by atoms with Crippen LogP contribution in [0.1, 0.15) is 27.2 Å². The molecule has 0 unspecified atom stereocenters. The van der Waals surface area contributed by atoms with Crippen molar-refractivity contribution in [3.05, 3.63) is 18.5 Å². The molecule has 1 fully saturated rings. The Labute approximate surface area is 149 Å². The van der Waals surface area contributed by atoms with Crippen LogP contribution in [-0.4, -0.2) is 65.6 Å². The van der Waals surface area contributed by atoms with Crippen molar-refractivity contribution in [2.24, 2.45) is 5.92 Å². The molecule has 0 aromatic carbocycles. The first-order valence-corrected chi connectivity index (χ1v) is 8.82. The summed E-state index contributed by atoms with van der Waals surface area (Å²) in [5.41, 5.74) is 0. The molecule has 2 N–H and O–H groups in total. The first kappa shape index (κ1) is 19.0. The van der Waals surface area contributed by atoms with E-state index in [1.807, 2.05) is 4.90 Å². The van der Waals surface area contributed by atoms with Gasteiger partial charge in [0.25, 0.3) is 0 Å². The van der Waals surface area contributed by atoms with Crippen molar-refractivity contribution >= 4 is 17.9 Å². The lowest BCUT2D eigenvalue weighted by molar-refractivity contribution is -0.122. The van der Waals surface area contributed by atoms with Gasteiger partial charge in [0.1, 0.15) is 6.04 Å². The summed E-state index contributed by atoms with van der Waals surface area (Å²) >= 11 is 0. The highest BCUT2D eigenvalue weighted by molar-refractivity contribution is 5.86. The highest BCUT2D eigenvalue weighted by Gasteiger charge is 2.24. The summed E-state index contributed by atoms with van der Waals surface area (Å²) in [6, 6.07) is 1.02. The maximum atomic E-state index is 12.3. The largest absolute Gasteiger partial charge is 0.354 e. The molecule has 0 aliphatic carbocycles. The number of carbonyl (C=O) groups is 2. The minimum atomic E-state index is -0.546. The highest BCUT2D eigenvalue weighted by atomic mass is 16.2. The summed E-state index contributed by atoms with van der Waals surface area (Å²) in [6.45, 7) is 9.05. The Morgan fingerprint density at radius 3 is 2.36 bits per heavy atom. The van der Waals surface area contributed by atoms with Gasteiger partial charge in [0.05, 0.1) is 0 Å². The zero-order valence-corrected chi connectivity index (χ0v) is 15.2. The summed E-state index contributed by atoms with van der Waals surface area (Å²) in [7, 11) is 0. The van der Waals surface area contributed by atoms with Crippen molar-refractivity contribution in [1.29, 1.82) is 0 Å². The van der Waals surface area contributed by atoms with E-state index >= 15 is 0 Å². The SMILES string of the molecule is CC(C)CCNC(=O)[C@@H](C)NC(=O)N1CCN(c2ncccn2)CC1. The second kappa shape index (κ2) is 9.19. The summed E-state index contributed by atoms with van der Waals surface area (Å²) in [5, 5.41) is 5.62. The van der Waals surface area contributed by atoms with Crippen LogP contribution >= 0.6 is 0 Å². The second-order valence-corrected chi connectivity index (χ2v) is 6.67. The molecule has 1 aliphatic heterocycles. The van der Waals surface area contributed by atoms with E-state index < -0.39 is 6.04 Å². The molecule has 0 bridgehead atoms. The van der Waals surface area contributed by atoms with Gasteiger partial charge in [-0.2, -0.15) is 0 Å². The molecule has 1 aromatic heterocycles. The van der Waals surface area contributed by atoms with Gasteiger partial charge in [-0.15, -0.1) is 0 Å². The number of carbonyl (C=O) groups excluding carboxylic acids is 2. The Morgan fingerprint density at radius 1 is 1.12 bits per heavy atom. The molecular formula is C17H28N6O2. The molecule has 0 radical (unpaired) electrons. The average molecular weight is 348 g/mol. The lowest BCUT2D eigenvalue weighted by Crippen LogP contribution is -2.55. The Balaban J connectivity index is 1.73. The van der Waals surface area contributed by atoms with Crippen LogP contribution in [0.15, 0.2) is 18.5 Å². The van der Waals surface area contributed by atoms with Gasteiger partial charge in [0.2, 0.25) is 11.9 Å². The van der Waals surface area contributed by atoms with Gasteiger partial charge < -0.3 is 20.4 Å². The molecule has 1 aliphatic rings. The summed E-state index contributed by atoms with van der Waals surface area (Å²) in [6.07, 6.45) is 4.35. The smallest absolute Gasteiger partial charge is 0.318 e. The normalized spacial score (nSPS) is 15.8. The van der Waals surface area contributed by atoms with E-state index in [-0.39, 0.29) is 11.9 Å². The zero-order valence-electron chi connectivity index (χ0n) is 15.2. The molecule has 1 saturated heterocycles. The molecule has 2 rings (SSSR count). The van der Waals surface area contributed by atoms with Crippen molar-refractivity contribution in [2.45, 2.75) is 33.2 Å². The Hall–Kier alpha value is -2.38. The minimum absolute atomic E-state index is 0.148. The number of piperazine rings is 1. The van der Waals surface area contributed by atoms with Gasteiger partial charge in [0.15, 0.2) is 0 Å².